The van der Waals surface area contributed by atoms with E-state index in [0.29, 0.717) is 29.3 Å². The maximum absolute atomic E-state index is 13.4. The lowest BCUT2D eigenvalue weighted by atomic mass is 10.0. The zero-order chi connectivity index (χ0) is 24.9. The van der Waals surface area contributed by atoms with Crippen LogP contribution in [0.25, 0.3) is 6.08 Å². The fourth-order valence-corrected chi connectivity index (χ4v) is 3.91. The van der Waals surface area contributed by atoms with Crippen LogP contribution in [0.2, 0.25) is 0 Å². The Morgan fingerprint density at radius 1 is 0.583 bits per heavy atom. The van der Waals surface area contributed by atoms with Gasteiger partial charge in [-0.3, -0.25) is 9.59 Å². The van der Waals surface area contributed by atoms with Crippen molar-refractivity contribution in [3.05, 3.63) is 132 Å². The van der Waals surface area contributed by atoms with Crippen molar-refractivity contribution in [3.63, 3.8) is 0 Å². The maximum Gasteiger partial charge on any atom is 0.343 e. The zero-order valence-corrected chi connectivity index (χ0v) is 19.3. The van der Waals surface area contributed by atoms with E-state index in [2.05, 4.69) is 0 Å². The third-order valence-corrected chi connectivity index (χ3v) is 5.72. The van der Waals surface area contributed by atoms with Crippen LogP contribution in [-0.2, 0) is 16.2 Å². The number of carbonyl (C=O) groups is 3. The van der Waals surface area contributed by atoms with Gasteiger partial charge in [0.25, 0.3) is 11.8 Å². The Bertz CT molecular complexity index is 1350. The summed E-state index contributed by atoms with van der Waals surface area (Å²) in [4.78, 5) is 42.2. The van der Waals surface area contributed by atoms with Crippen LogP contribution >= 0.6 is 0 Å². The molecule has 1 aliphatic rings. The summed E-state index contributed by atoms with van der Waals surface area (Å²) in [5.74, 6) is -0.685. The van der Waals surface area contributed by atoms with Crippen molar-refractivity contribution in [3.8, 4) is 5.75 Å². The van der Waals surface area contributed by atoms with Crippen LogP contribution in [0.4, 0.5) is 16.2 Å². The fraction of sp³-hybridized carbons (Fsp3) is 0.0333. The standard InChI is InChI=1S/C30H22N2O4/c33-28-27(20-22-16-18-26(19-17-22)36-21-23-10-4-1-5-11-23)29(34)32(25-14-8-3-9-15-25)30(35)31(28)24-12-6-2-7-13-24/h1-20H,21H2. The van der Waals surface area contributed by atoms with Gasteiger partial charge in [0.2, 0.25) is 0 Å². The Morgan fingerprint density at radius 3 is 1.56 bits per heavy atom. The summed E-state index contributed by atoms with van der Waals surface area (Å²) < 4.78 is 5.83. The molecule has 176 valence electrons. The highest BCUT2D eigenvalue weighted by Gasteiger charge is 2.43. The molecule has 4 aromatic carbocycles. The number of nitrogens with zero attached hydrogens (tertiary/aromatic N) is 2. The topological polar surface area (TPSA) is 66.9 Å². The molecule has 36 heavy (non-hydrogen) atoms. The molecule has 0 aliphatic carbocycles. The number of rotatable bonds is 6. The molecule has 0 unspecified atom stereocenters. The highest BCUT2D eigenvalue weighted by atomic mass is 16.5. The second-order valence-electron chi connectivity index (χ2n) is 8.14. The van der Waals surface area contributed by atoms with Gasteiger partial charge in [0.05, 0.1) is 11.4 Å². The zero-order valence-electron chi connectivity index (χ0n) is 19.3. The number of anilines is 2. The highest BCUT2D eigenvalue weighted by molar-refractivity contribution is 6.46. The Kier molecular flexibility index (Phi) is 6.40. The summed E-state index contributed by atoms with van der Waals surface area (Å²) in [6.45, 7) is 0.429. The Hall–Kier alpha value is -4.97. The van der Waals surface area contributed by atoms with Gasteiger partial charge in [0.15, 0.2) is 0 Å². The average Bonchev–Trinajstić information content (AvgIpc) is 2.92. The molecule has 0 N–H and O–H groups in total. The van der Waals surface area contributed by atoms with Gasteiger partial charge in [-0.2, -0.15) is 0 Å². The minimum Gasteiger partial charge on any atom is -0.489 e. The Morgan fingerprint density at radius 2 is 1.06 bits per heavy atom. The molecule has 5 rings (SSSR count). The van der Waals surface area contributed by atoms with Crippen LogP contribution in [0.5, 0.6) is 5.75 Å². The van der Waals surface area contributed by atoms with Crippen molar-refractivity contribution < 1.29 is 19.1 Å². The molecule has 1 aliphatic heterocycles. The second-order valence-corrected chi connectivity index (χ2v) is 8.14. The van der Waals surface area contributed by atoms with E-state index in [4.69, 9.17) is 4.74 Å². The van der Waals surface area contributed by atoms with Crippen molar-refractivity contribution in [2.24, 2.45) is 0 Å². The molecule has 0 atom stereocenters. The van der Waals surface area contributed by atoms with Gasteiger partial charge >= 0.3 is 6.03 Å². The number of para-hydroxylation sites is 2. The molecule has 0 radical (unpaired) electrons. The average molecular weight is 475 g/mol. The second kappa shape index (κ2) is 10.1. The normalized spacial score (nSPS) is 13.7. The van der Waals surface area contributed by atoms with E-state index in [9.17, 15) is 14.4 Å². The predicted octanol–water partition coefficient (Wildman–Crippen LogP) is 5.85. The monoisotopic (exact) mass is 474 g/mol. The predicted molar refractivity (Wildman–Crippen MR) is 138 cm³/mol. The maximum atomic E-state index is 13.4. The summed E-state index contributed by atoms with van der Waals surface area (Å²) in [7, 11) is 0. The third-order valence-electron chi connectivity index (χ3n) is 5.72. The number of benzene rings is 4. The Balaban J connectivity index is 1.46. The molecule has 4 aromatic rings. The van der Waals surface area contributed by atoms with Gasteiger partial charge < -0.3 is 4.74 Å². The first kappa shape index (κ1) is 22.8. The fourth-order valence-electron chi connectivity index (χ4n) is 3.91. The van der Waals surface area contributed by atoms with Crippen LogP contribution in [-0.4, -0.2) is 17.8 Å². The number of imide groups is 2. The quantitative estimate of drug-likeness (QED) is 0.260. The van der Waals surface area contributed by atoms with Gasteiger partial charge in [0.1, 0.15) is 17.9 Å². The molecular weight excluding hydrogens is 452 g/mol. The smallest absolute Gasteiger partial charge is 0.343 e. The van der Waals surface area contributed by atoms with Crippen LogP contribution in [0.3, 0.4) is 0 Å². The van der Waals surface area contributed by atoms with Gasteiger partial charge in [-0.05, 0) is 53.6 Å². The summed E-state index contributed by atoms with van der Waals surface area (Å²) >= 11 is 0. The number of carbonyl (C=O) groups excluding carboxylic acids is 3. The van der Waals surface area contributed by atoms with Crippen molar-refractivity contribution >= 4 is 35.3 Å². The van der Waals surface area contributed by atoms with Gasteiger partial charge in [-0.25, -0.2) is 14.6 Å². The SMILES string of the molecule is O=C1C(=Cc2ccc(OCc3ccccc3)cc2)C(=O)N(c2ccccc2)C(=O)N1c1ccccc1. The lowest BCUT2D eigenvalue weighted by Gasteiger charge is -2.33. The lowest BCUT2D eigenvalue weighted by molar-refractivity contribution is -0.121. The molecule has 1 saturated heterocycles. The molecule has 0 bridgehead atoms. The van der Waals surface area contributed by atoms with Crippen molar-refractivity contribution in [2.75, 3.05) is 9.80 Å². The molecule has 1 fully saturated rings. The van der Waals surface area contributed by atoms with E-state index in [1.165, 1.54) is 6.08 Å². The molecule has 6 nitrogen and oxygen atoms in total. The van der Waals surface area contributed by atoms with Crippen LogP contribution < -0.4 is 14.5 Å². The molecule has 1 heterocycles. The minimum absolute atomic E-state index is 0.111. The molecule has 0 saturated carbocycles. The van der Waals surface area contributed by atoms with Crippen LogP contribution in [0.15, 0.2) is 121 Å². The van der Waals surface area contributed by atoms with E-state index in [-0.39, 0.29) is 5.57 Å². The van der Waals surface area contributed by atoms with Crippen molar-refractivity contribution in [1.82, 2.24) is 0 Å². The summed E-state index contributed by atoms with van der Waals surface area (Å²) in [5, 5.41) is 0. The summed E-state index contributed by atoms with van der Waals surface area (Å²) in [6, 6.07) is 33.3. The number of hydrogen-bond acceptors (Lipinski definition) is 4. The third kappa shape index (κ3) is 4.65. The number of urea groups is 1. The lowest BCUT2D eigenvalue weighted by Crippen LogP contribution is -2.57. The molecule has 0 aromatic heterocycles. The van der Waals surface area contributed by atoms with E-state index in [1.807, 2.05) is 30.3 Å². The first-order valence-electron chi connectivity index (χ1n) is 11.4. The number of hydrogen-bond donors (Lipinski definition) is 0. The Labute approximate surface area is 208 Å². The molecule has 0 spiro atoms. The molecular formula is C30H22N2O4. The first-order valence-corrected chi connectivity index (χ1v) is 11.4. The number of ether oxygens (including phenoxy) is 1. The largest absolute Gasteiger partial charge is 0.489 e. The summed E-state index contributed by atoms with van der Waals surface area (Å²) in [5.41, 5.74) is 2.34. The van der Waals surface area contributed by atoms with Gasteiger partial charge in [0, 0.05) is 0 Å². The number of barbiturate groups is 1. The van der Waals surface area contributed by atoms with E-state index < -0.39 is 17.8 Å². The van der Waals surface area contributed by atoms with E-state index in [0.717, 1.165) is 15.4 Å². The van der Waals surface area contributed by atoms with Crippen molar-refractivity contribution in [1.29, 1.82) is 0 Å². The summed E-state index contributed by atoms with van der Waals surface area (Å²) in [6.07, 6.45) is 1.50. The highest BCUT2D eigenvalue weighted by Crippen LogP contribution is 2.29. The first-order chi connectivity index (χ1) is 17.6. The molecule has 6 heteroatoms. The van der Waals surface area contributed by atoms with E-state index in [1.54, 1.807) is 84.9 Å². The van der Waals surface area contributed by atoms with Gasteiger partial charge in [-0.1, -0.05) is 78.9 Å². The van der Waals surface area contributed by atoms with Crippen LogP contribution in [0, 0.1) is 0 Å². The van der Waals surface area contributed by atoms with Gasteiger partial charge in [-0.15, -0.1) is 0 Å². The van der Waals surface area contributed by atoms with E-state index >= 15 is 0 Å². The molecule has 4 amide bonds. The van der Waals surface area contributed by atoms with Crippen molar-refractivity contribution in [2.45, 2.75) is 6.61 Å². The number of amides is 4. The minimum atomic E-state index is -0.718. The van der Waals surface area contributed by atoms with Crippen LogP contribution in [0.1, 0.15) is 11.1 Å².